The fourth-order valence-corrected chi connectivity index (χ4v) is 2.00. The van der Waals surface area contributed by atoms with E-state index < -0.39 is 0 Å². The summed E-state index contributed by atoms with van der Waals surface area (Å²) in [6, 6.07) is 4.43. The van der Waals surface area contributed by atoms with Crippen molar-refractivity contribution in [3.8, 4) is 0 Å². The zero-order chi connectivity index (χ0) is 13.0. The highest BCUT2D eigenvalue weighted by atomic mass is 16.5. The summed E-state index contributed by atoms with van der Waals surface area (Å²) < 4.78 is 5.13. The number of nitrogens with zero attached hydrogens (tertiary/aromatic N) is 2. The Hall–Kier alpha value is -1.42. The van der Waals surface area contributed by atoms with Crippen LogP contribution in [-0.4, -0.2) is 37.1 Å². The lowest BCUT2D eigenvalue weighted by Gasteiger charge is -2.24. The van der Waals surface area contributed by atoms with Crippen molar-refractivity contribution in [2.24, 2.45) is 0 Å². The van der Waals surface area contributed by atoms with Gasteiger partial charge in [0.1, 0.15) is 5.69 Å². The smallest absolute Gasteiger partial charge is 0.180 e. The predicted octanol–water partition coefficient (Wildman–Crippen LogP) is 2.29. The second kappa shape index (κ2) is 5.96. The first-order valence-corrected chi connectivity index (χ1v) is 6.51. The van der Waals surface area contributed by atoms with Crippen molar-refractivity contribution in [1.82, 2.24) is 4.98 Å². The molecule has 1 saturated carbocycles. The first-order valence-electron chi connectivity index (χ1n) is 6.51. The molecule has 0 atom stereocenters. The van der Waals surface area contributed by atoms with Crippen molar-refractivity contribution in [1.29, 1.82) is 0 Å². The molecular weight excluding hydrogens is 228 g/mol. The molecule has 1 aromatic heterocycles. The molecule has 0 amide bonds. The van der Waals surface area contributed by atoms with Crippen LogP contribution < -0.4 is 4.90 Å². The van der Waals surface area contributed by atoms with Gasteiger partial charge in [0.05, 0.1) is 18.5 Å². The molecule has 0 saturated heterocycles. The highest BCUT2D eigenvalue weighted by Gasteiger charge is 2.29. The van der Waals surface area contributed by atoms with E-state index >= 15 is 0 Å². The van der Waals surface area contributed by atoms with Crippen LogP contribution in [0.1, 0.15) is 36.7 Å². The molecule has 4 nitrogen and oxygen atoms in total. The molecule has 1 heterocycles. The van der Waals surface area contributed by atoms with Gasteiger partial charge in [-0.3, -0.25) is 9.78 Å². The van der Waals surface area contributed by atoms with Gasteiger partial charge in [-0.05, 0) is 25.0 Å². The third kappa shape index (κ3) is 3.07. The van der Waals surface area contributed by atoms with E-state index in [1.807, 2.05) is 19.1 Å². The third-order valence-electron chi connectivity index (χ3n) is 3.21. The lowest BCUT2D eigenvalue weighted by Crippen LogP contribution is -2.29. The molecule has 1 aromatic rings. The van der Waals surface area contributed by atoms with E-state index in [-0.39, 0.29) is 5.78 Å². The summed E-state index contributed by atoms with van der Waals surface area (Å²) in [5, 5.41) is 0. The molecule has 0 unspecified atom stereocenters. The third-order valence-corrected chi connectivity index (χ3v) is 3.21. The summed E-state index contributed by atoms with van der Waals surface area (Å²) in [7, 11) is 1.71. The Balaban J connectivity index is 2.08. The van der Waals surface area contributed by atoms with Crippen LogP contribution in [0.3, 0.4) is 0 Å². The SMILES string of the molecule is CCC(=O)c1ccc(N(CCOC)C2CC2)cn1. The zero-order valence-corrected chi connectivity index (χ0v) is 11.1. The Kier molecular flexibility index (Phi) is 4.31. The Morgan fingerprint density at radius 1 is 1.50 bits per heavy atom. The van der Waals surface area contributed by atoms with E-state index in [1.165, 1.54) is 12.8 Å². The number of hydrogen-bond donors (Lipinski definition) is 0. The largest absolute Gasteiger partial charge is 0.383 e. The van der Waals surface area contributed by atoms with Crippen LogP contribution >= 0.6 is 0 Å². The fraction of sp³-hybridized carbons (Fsp3) is 0.571. The van der Waals surface area contributed by atoms with Gasteiger partial charge in [-0.2, -0.15) is 0 Å². The minimum absolute atomic E-state index is 0.0939. The maximum absolute atomic E-state index is 11.5. The maximum Gasteiger partial charge on any atom is 0.180 e. The molecule has 0 radical (unpaired) electrons. The van der Waals surface area contributed by atoms with Crippen LogP contribution in [0.4, 0.5) is 5.69 Å². The van der Waals surface area contributed by atoms with Crippen LogP contribution in [0, 0.1) is 0 Å². The van der Waals surface area contributed by atoms with Crippen LogP contribution in [0.15, 0.2) is 18.3 Å². The number of methoxy groups -OCH3 is 1. The first-order chi connectivity index (χ1) is 8.76. The van der Waals surface area contributed by atoms with Crippen LogP contribution in [0.5, 0.6) is 0 Å². The maximum atomic E-state index is 11.5. The Labute approximate surface area is 108 Å². The Bertz CT molecular complexity index is 399. The average molecular weight is 248 g/mol. The quantitative estimate of drug-likeness (QED) is 0.694. The van der Waals surface area contributed by atoms with Crippen molar-refractivity contribution in [2.75, 3.05) is 25.2 Å². The number of rotatable bonds is 7. The predicted molar refractivity (Wildman–Crippen MR) is 71.1 cm³/mol. The topological polar surface area (TPSA) is 42.4 Å². The van der Waals surface area contributed by atoms with Gasteiger partial charge in [-0.1, -0.05) is 6.92 Å². The molecule has 0 spiro atoms. The van der Waals surface area contributed by atoms with Gasteiger partial charge >= 0.3 is 0 Å². The van der Waals surface area contributed by atoms with Crippen molar-refractivity contribution in [2.45, 2.75) is 32.2 Å². The Morgan fingerprint density at radius 2 is 2.28 bits per heavy atom. The monoisotopic (exact) mass is 248 g/mol. The van der Waals surface area contributed by atoms with Crippen molar-refractivity contribution in [3.63, 3.8) is 0 Å². The number of ketones is 1. The van der Waals surface area contributed by atoms with Crippen LogP contribution in [0.25, 0.3) is 0 Å². The first kappa shape index (κ1) is 13.0. The molecule has 98 valence electrons. The van der Waals surface area contributed by atoms with E-state index in [9.17, 15) is 4.79 Å². The molecule has 2 rings (SSSR count). The normalized spacial score (nSPS) is 14.6. The van der Waals surface area contributed by atoms with Crippen LogP contribution in [-0.2, 0) is 4.74 Å². The molecule has 0 N–H and O–H groups in total. The highest BCUT2D eigenvalue weighted by Crippen LogP contribution is 2.31. The molecule has 1 aliphatic carbocycles. The summed E-state index contributed by atoms with van der Waals surface area (Å²) in [6.07, 6.45) is 4.78. The van der Waals surface area contributed by atoms with E-state index in [2.05, 4.69) is 9.88 Å². The fourth-order valence-electron chi connectivity index (χ4n) is 2.00. The molecule has 1 fully saturated rings. The molecule has 0 bridgehead atoms. The zero-order valence-electron chi connectivity index (χ0n) is 11.1. The number of aromatic nitrogens is 1. The molecule has 1 aliphatic rings. The van der Waals surface area contributed by atoms with Gasteiger partial charge in [0.25, 0.3) is 0 Å². The summed E-state index contributed by atoms with van der Waals surface area (Å²) >= 11 is 0. The average Bonchev–Trinajstić information content (AvgIpc) is 3.24. The molecule has 0 aliphatic heterocycles. The lowest BCUT2D eigenvalue weighted by molar-refractivity contribution is 0.0983. The second-order valence-electron chi connectivity index (χ2n) is 4.60. The number of carbonyl (C=O) groups is 1. The van der Waals surface area contributed by atoms with Gasteiger partial charge in [0, 0.05) is 26.1 Å². The number of carbonyl (C=O) groups excluding carboxylic acids is 1. The summed E-state index contributed by atoms with van der Waals surface area (Å²) in [5.41, 5.74) is 1.64. The van der Waals surface area contributed by atoms with E-state index in [0.29, 0.717) is 24.8 Å². The summed E-state index contributed by atoms with van der Waals surface area (Å²) in [4.78, 5) is 18.1. The number of anilines is 1. The van der Waals surface area contributed by atoms with E-state index in [4.69, 9.17) is 4.74 Å². The minimum Gasteiger partial charge on any atom is -0.383 e. The van der Waals surface area contributed by atoms with Crippen LogP contribution in [0.2, 0.25) is 0 Å². The molecule has 0 aromatic carbocycles. The van der Waals surface area contributed by atoms with Gasteiger partial charge in [-0.25, -0.2) is 0 Å². The molecule has 18 heavy (non-hydrogen) atoms. The standard InChI is InChI=1S/C14H20N2O2/c1-3-14(17)13-7-6-12(10-15-13)16(8-9-18-2)11-4-5-11/h6-7,10-11H,3-5,8-9H2,1-2H3. The number of pyridine rings is 1. The van der Waals surface area contributed by atoms with Gasteiger partial charge < -0.3 is 9.64 Å². The molecule has 4 heteroatoms. The van der Waals surface area contributed by atoms with Gasteiger partial charge in [-0.15, -0.1) is 0 Å². The Morgan fingerprint density at radius 3 is 2.78 bits per heavy atom. The number of ether oxygens (including phenoxy) is 1. The summed E-state index contributed by atoms with van der Waals surface area (Å²) in [5.74, 6) is 0.0939. The summed E-state index contributed by atoms with van der Waals surface area (Å²) in [6.45, 7) is 3.45. The lowest BCUT2D eigenvalue weighted by atomic mass is 10.2. The van der Waals surface area contributed by atoms with Crippen molar-refractivity contribution < 1.29 is 9.53 Å². The van der Waals surface area contributed by atoms with Crippen molar-refractivity contribution >= 4 is 11.5 Å². The van der Waals surface area contributed by atoms with Crippen molar-refractivity contribution in [3.05, 3.63) is 24.0 Å². The molecular formula is C14H20N2O2. The van der Waals surface area contributed by atoms with E-state index in [0.717, 1.165) is 12.2 Å². The highest BCUT2D eigenvalue weighted by molar-refractivity contribution is 5.94. The van der Waals surface area contributed by atoms with Gasteiger partial charge in [0.2, 0.25) is 0 Å². The second-order valence-corrected chi connectivity index (χ2v) is 4.60. The number of Topliss-reactive ketones (excluding diaryl/α,β-unsaturated/α-hetero) is 1. The van der Waals surface area contributed by atoms with E-state index in [1.54, 1.807) is 13.3 Å². The number of hydrogen-bond acceptors (Lipinski definition) is 4. The minimum atomic E-state index is 0.0939. The van der Waals surface area contributed by atoms with Gasteiger partial charge in [0.15, 0.2) is 5.78 Å².